The summed E-state index contributed by atoms with van der Waals surface area (Å²) in [6, 6.07) is 13.7. The molecule has 2 aromatic carbocycles. The number of hydrogen-bond donors (Lipinski definition) is 3. The molecule has 222 valence electrons. The van der Waals surface area contributed by atoms with E-state index in [4.69, 9.17) is 9.47 Å². The van der Waals surface area contributed by atoms with E-state index in [0.717, 1.165) is 5.56 Å². The van der Waals surface area contributed by atoms with Crippen LogP contribution in [-0.4, -0.2) is 54.9 Å². The van der Waals surface area contributed by atoms with Crippen LogP contribution in [0, 0.1) is 11.8 Å². The van der Waals surface area contributed by atoms with Crippen molar-refractivity contribution in [3.05, 3.63) is 65.7 Å². The van der Waals surface area contributed by atoms with E-state index in [1.165, 1.54) is 0 Å². The number of methoxy groups -OCH3 is 1. The van der Waals surface area contributed by atoms with Gasteiger partial charge in [0.1, 0.15) is 17.4 Å². The summed E-state index contributed by atoms with van der Waals surface area (Å²) < 4.78 is 10.5. The first kappa shape index (κ1) is 31.8. The number of epoxide rings is 1. The van der Waals surface area contributed by atoms with E-state index in [0.29, 0.717) is 30.8 Å². The fraction of sp³-hybridized carbons (Fsp3) is 0.500. The highest BCUT2D eigenvalue weighted by molar-refractivity contribution is 5.98. The molecule has 9 nitrogen and oxygen atoms in total. The highest BCUT2D eigenvalue weighted by Gasteiger charge is 2.50. The third kappa shape index (κ3) is 9.42. The van der Waals surface area contributed by atoms with Crippen LogP contribution in [0.2, 0.25) is 0 Å². The van der Waals surface area contributed by atoms with Crippen LogP contribution in [0.15, 0.2) is 54.6 Å². The smallest absolute Gasteiger partial charge is 0.251 e. The number of carbonyl (C=O) groups is 4. The van der Waals surface area contributed by atoms with Gasteiger partial charge in [-0.1, -0.05) is 58.0 Å². The van der Waals surface area contributed by atoms with Gasteiger partial charge in [-0.15, -0.1) is 0 Å². The average molecular weight is 566 g/mol. The number of ketones is 1. The maximum atomic E-state index is 13.6. The molecule has 41 heavy (non-hydrogen) atoms. The molecule has 1 fully saturated rings. The van der Waals surface area contributed by atoms with Crippen LogP contribution in [0.3, 0.4) is 0 Å². The number of ether oxygens (including phenoxy) is 2. The monoisotopic (exact) mass is 565 g/mol. The van der Waals surface area contributed by atoms with E-state index in [1.54, 1.807) is 38.3 Å². The molecule has 0 aliphatic carbocycles. The van der Waals surface area contributed by atoms with Gasteiger partial charge in [0.25, 0.3) is 5.91 Å². The zero-order valence-electron chi connectivity index (χ0n) is 24.9. The zero-order chi connectivity index (χ0) is 30.2. The second kappa shape index (κ2) is 14.3. The van der Waals surface area contributed by atoms with E-state index in [-0.39, 0.29) is 35.9 Å². The van der Waals surface area contributed by atoms with E-state index < -0.39 is 29.6 Å². The van der Waals surface area contributed by atoms with Crippen LogP contribution in [0.5, 0.6) is 5.75 Å². The lowest BCUT2D eigenvalue weighted by molar-refractivity contribution is -0.131. The first-order valence-corrected chi connectivity index (χ1v) is 14.2. The minimum Gasteiger partial charge on any atom is -0.497 e. The van der Waals surface area contributed by atoms with Gasteiger partial charge >= 0.3 is 0 Å². The first-order valence-electron chi connectivity index (χ1n) is 14.2. The van der Waals surface area contributed by atoms with Crippen molar-refractivity contribution >= 4 is 23.5 Å². The Balaban J connectivity index is 1.75. The number of amides is 3. The molecule has 1 unspecified atom stereocenters. The van der Waals surface area contributed by atoms with Crippen LogP contribution >= 0.6 is 0 Å². The van der Waals surface area contributed by atoms with Crippen LogP contribution in [-0.2, 0) is 19.1 Å². The molecule has 0 saturated carbocycles. The van der Waals surface area contributed by atoms with Crippen molar-refractivity contribution in [2.24, 2.45) is 11.8 Å². The second-order valence-electron chi connectivity index (χ2n) is 11.7. The standard InChI is InChI=1S/C32H43N3O6/c1-20(2)16-26(29(37)32(5)19-41-32)33-28(36)18-25(22-10-8-7-9-11-22)34-31(39)27(17-21(3)4)35-30(38)23-12-14-24(40-6)15-13-23/h7-15,20-21,25-27H,16-19H2,1-6H3,(H,33,36)(H,34,39)(H,35,38)/t25?,26-,27-,32+/m0/s1. The van der Waals surface area contributed by atoms with Gasteiger partial charge in [-0.3, -0.25) is 19.2 Å². The fourth-order valence-corrected chi connectivity index (χ4v) is 4.66. The first-order chi connectivity index (χ1) is 19.4. The summed E-state index contributed by atoms with van der Waals surface area (Å²) in [7, 11) is 1.55. The molecule has 3 rings (SSSR count). The van der Waals surface area contributed by atoms with Gasteiger partial charge in [0.05, 0.1) is 32.2 Å². The molecular weight excluding hydrogens is 522 g/mol. The molecule has 1 aliphatic heterocycles. The fourth-order valence-electron chi connectivity index (χ4n) is 4.66. The number of hydrogen-bond acceptors (Lipinski definition) is 6. The Morgan fingerprint density at radius 3 is 1.98 bits per heavy atom. The van der Waals surface area contributed by atoms with Gasteiger partial charge in [-0.25, -0.2) is 0 Å². The lowest BCUT2D eigenvalue weighted by Gasteiger charge is -2.26. The largest absolute Gasteiger partial charge is 0.497 e. The number of benzene rings is 2. The van der Waals surface area contributed by atoms with Crippen LogP contribution in [0.4, 0.5) is 0 Å². The minimum atomic E-state index is -0.855. The summed E-state index contributed by atoms with van der Waals surface area (Å²) in [5.41, 5.74) is 0.289. The van der Waals surface area contributed by atoms with Crippen molar-refractivity contribution in [3.8, 4) is 5.75 Å². The van der Waals surface area contributed by atoms with Gasteiger partial charge in [0.2, 0.25) is 11.8 Å². The lowest BCUT2D eigenvalue weighted by Crippen LogP contribution is -2.50. The molecule has 3 amide bonds. The molecule has 2 aromatic rings. The van der Waals surface area contributed by atoms with Crippen molar-refractivity contribution in [2.45, 2.75) is 77.6 Å². The van der Waals surface area contributed by atoms with Crippen LogP contribution < -0.4 is 20.7 Å². The summed E-state index contributed by atoms with van der Waals surface area (Å²) in [6.07, 6.45) is 0.820. The summed E-state index contributed by atoms with van der Waals surface area (Å²) in [5.74, 6) is -0.345. The van der Waals surface area contributed by atoms with Crippen LogP contribution in [0.25, 0.3) is 0 Å². The van der Waals surface area contributed by atoms with Crippen molar-refractivity contribution < 1.29 is 28.7 Å². The number of rotatable bonds is 15. The molecular formula is C32H43N3O6. The third-order valence-electron chi connectivity index (χ3n) is 7.05. The quantitative estimate of drug-likeness (QED) is 0.281. The zero-order valence-corrected chi connectivity index (χ0v) is 24.9. The van der Waals surface area contributed by atoms with E-state index >= 15 is 0 Å². The maximum Gasteiger partial charge on any atom is 0.251 e. The van der Waals surface area contributed by atoms with E-state index in [1.807, 2.05) is 58.0 Å². The second-order valence-corrected chi connectivity index (χ2v) is 11.7. The maximum absolute atomic E-state index is 13.6. The van der Waals surface area contributed by atoms with E-state index in [9.17, 15) is 19.2 Å². The van der Waals surface area contributed by atoms with E-state index in [2.05, 4.69) is 16.0 Å². The molecule has 1 saturated heterocycles. The molecule has 4 atom stereocenters. The predicted molar refractivity (Wildman–Crippen MR) is 156 cm³/mol. The van der Waals surface area contributed by atoms with Crippen molar-refractivity contribution in [3.63, 3.8) is 0 Å². The lowest BCUT2D eigenvalue weighted by atomic mass is 9.93. The van der Waals surface area contributed by atoms with Crippen LogP contribution in [0.1, 0.15) is 75.8 Å². The Morgan fingerprint density at radius 2 is 1.44 bits per heavy atom. The number of nitrogens with one attached hydrogen (secondary N) is 3. The van der Waals surface area contributed by atoms with Gasteiger partial charge in [-0.05, 0) is 61.4 Å². The Bertz CT molecular complexity index is 1190. The molecule has 0 radical (unpaired) electrons. The van der Waals surface area contributed by atoms with Gasteiger partial charge in [-0.2, -0.15) is 0 Å². The molecule has 1 aliphatic rings. The van der Waals surface area contributed by atoms with Crippen molar-refractivity contribution in [2.75, 3.05) is 13.7 Å². The molecule has 0 spiro atoms. The normalized spacial score (nSPS) is 18.2. The summed E-state index contributed by atoms with van der Waals surface area (Å²) >= 11 is 0. The Morgan fingerprint density at radius 1 is 0.854 bits per heavy atom. The molecule has 0 aromatic heterocycles. The minimum absolute atomic E-state index is 0.0734. The van der Waals surface area contributed by atoms with Gasteiger partial charge in [0, 0.05) is 5.56 Å². The SMILES string of the molecule is COc1ccc(C(=O)N[C@@H](CC(C)C)C(=O)NC(CC(=O)N[C@@H](CC(C)C)C(=O)[C@@]2(C)CO2)c2ccccc2)cc1. The van der Waals surface area contributed by atoms with Crippen molar-refractivity contribution in [1.82, 2.24) is 16.0 Å². The molecule has 1 heterocycles. The number of carbonyl (C=O) groups excluding carboxylic acids is 4. The molecule has 3 N–H and O–H groups in total. The Hall–Kier alpha value is -3.72. The molecule has 0 bridgehead atoms. The summed E-state index contributed by atoms with van der Waals surface area (Å²) in [5, 5.41) is 8.73. The number of Topliss-reactive ketones (excluding diaryl/α,β-unsaturated/α-hetero) is 1. The molecule has 9 heteroatoms. The van der Waals surface area contributed by atoms with Gasteiger partial charge < -0.3 is 25.4 Å². The third-order valence-corrected chi connectivity index (χ3v) is 7.05. The Kier molecular flexibility index (Phi) is 11.1. The van der Waals surface area contributed by atoms with Gasteiger partial charge in [0.15, 0.2) is 5.78 Å². The average Bonchev–Trinajstić information content (AvgIpc) is 3.69. The summed E-state index contributed by atoms with van der Waals surface area (Å²) in [6.45, 7) is 10.0. The van der Waals surface area contributed by atoms with Crippen molar-refractivity contribution in [1.29, 1.82) is 0 Å². The predicted octanol–water partition coefficient (Wildman–Crippen LogP) is 3.98. The summed E-state index contributed by atoms with van der Waals surface area (Å²) in [4.78, 5) is 52.9. The topological polar surface area (TPSA) is 126 Å². The highest BCUT2D eigenvalue weighted by atomic mass is 16.6. The Labute approximate surface area is 242 Å². The highest BCUT2D eigenvalue weighted by Crippen LogP contribution is 2.30.